The summed E-state index contributed by atoms with van der Waals surface area (Å²) in [6, 6.07) is 0. The van der Waals surface area contributed by atoms with E-state index in [1.165, 1.54) is 0 Å². The van der Waals surface area contributed by atoms with Crippen LogP contribution in [0.4, 0.5) is 0 Å². The van der Waals surface area contributed by atoms with Gasteiger partial charge in [-0.3, -0.25) is 0 Å². The van der Waals surface area contributed by atoms with E-state index in [1.54, 1.807) is 0 Å². The SMILES string of the molecule is NCC(Br)CBr. The van der Waals surface area contributed by atoms with Crippen molar-refractivity contribution in [1.29, 1.82) is 0 Å². The van der Waals surface area contributed by atoms with E-state index in [4.69, 9.17) is 5.73 Å². The summed E-state index contributed by atoms with van der Waals surface area (Å²) in [5, 5.41) is 0.934. The Morgan fingerprint density at radius 2 is 2.17 bits per heavy atom. The third kappa shape index (κ3) is 3.12. The summed E-state index contributed by atoms with van der Waals surface area (Å²) in [7, 11) is 0. The summed E-state index contributed by atoms with van der Waals surface area (Å²) in [4.78, 5) is 0.442. The zero-order chi connectivity index (χ0) is 4.99. The Bertz CT molecular complexity index is 28.0. The van der Waals surface area contributed by atoms with Crippen molar-refractivity contribution < 1.29 is 0 Å². The maximum atomic E-state index is 5.21. The smallest absolute Gasteiger partial charge is 0.0365 e. The molecule has 0 fully saturated rings. The van der Waals surface area contributed by atoms with Gasteiger partial charge in [-0.1, -0.05) is 31.9 Å². The standard InChI is InChI=1S/C3H7Br2N/c4-1-3(5)2-6/h3H,1-2,6H2. The minimum Gasteiger partial charge on any atom is -0.329 e. The van der Waals surface area contributed by atoms with Crippen molar-refractivity contribution in [1.82, 2.24) is 0 Å². The number of alkyl halides is 2. The maximum Gasteiger partial charge on any atom is 0.0365 e. The highest BCUT2D eigenvalue weighted by Crippen LogP contribution is 1.98. The van der Waals surface area contributed by atoms with Crippen molar-refractivity contribution in [3.63, 3.8) is 0 Å². The highest BCUT2D eigenvalue weighted by atomic mass is 79.9. The number of hydrogen-bond acceptors (Lipinski definition) is 1. The van der Waals surface area contributed by atoms with Crippen LogP contribution in [0.2, 0.25) is 0 Å². The first-order valence-electron chi connectivity index (χ1n) is 1.71. The van der Waals surface area contributed by atoms with Gasteiger partial charge in [0.25, 0.3) is 0 Å². The second-order valence-corrected chi connectivity index (χ2v) is 2.93. The number of halogens is 2. The molecule has 0 spiro atoms. The largest absolute Gasteiger partial charge is 0.329 e. The molecule has 0 amide bonds. The van der Waals surface area contributed by atoms with Gasteiger partial charge in [-0.15, -0.1) is 0 Å². The van der Waals surface area contributed by atoms with Crippen LogP contribution >= 0.6 is 31.9 Å². The van der Waals surface area contributed by atoms with Crippen molar-refractivity contribution in [3.05, 3.63) is 0 Å². The summed E-state index contributed by atoms with van der Waals surface area (Å²) in [5.74, 6) is 0. The van der Waals surface area contributed by atoms with E-state index >= 15 is 0 Å². The number of hydrogen-bond donors (Lipinski definition) is 1. The lowest BCUT2D eigenvalue weighted by molar-refractivity contribution is 0.984. The first kappa shape index (κ1) is 6.92. The predicted molar refractivity (Wildman–Crippen MR) is 35.6 cm³/mol. The van der Waals surface area contributed by atoms with Crippen LogP contribution in [-0.2, 0) is 0 Å². The van der Waals surface area contributed by atoms with Crippen molar-refractivity contribution in [2.24, 2.45) is 5.73 Å². The highest BCUT2D eigenvalue weighted by Gasteiger charge is 1.92. The summed E-state index contributed by atoms with van der Waals surface area (Å²) < 4.78 is 0. The lowest BCUT2D eigenvalue weighted by atomic mass is 10.5. The molecule has 0 radical (unpaired) electrons. The van der Waals surface area contributed by atoms with Crippen LogP contribution < -0.4 is 5.73 Å². The molecule has 0 aromatic carbocycles. The topological polar surface area (TPSA) is 26.0 Å². The maximum absolute atomic E-state index is 5.21. The zero-order valence-corrected chi connectivity index (χ0v) is 6.50. The van der Waals surface area contributed by atoms with E-state index in [0.717, 1.165) is 5.33 Å². The summed E-state index contributed by atoms with van der Waals surface area (Å²) in [5.41, 5.74) is 5.21. The molecule has 0 rings (SSSR count). The normalized spacial score (nSPS) is 14.5. The lowest BCUT2D eigenvalue weighted by Crippen LogP contribution is -2.13. The Hall–Kier alpha value is 0.920. The third-order valence-electron chi connectivity index (χ3n) is 0.423. The fourth-order valence-corrected chi connectivity index (χ4v) is 0.327. The van der Waals surface area contributed by atoms with Gasteiger partial charge in [0.1, 0.15) is 0 Å². The minimum atomic E-state index is 0.442. The molecule has 0 aliphatic rings. The monoisotopic (exact) mass is 215 g/mol. The summed E-state index contributed by atoms with van der Waals surface area (Å²) >= 11 is 6.55. The first-order chi connectivity index (χ1) is 2.81. The van der Waals surface area contributed by atoms with E-state index in [9.17, 15) is 0 Å². The van der Waals surface area contributed by atoms with Gasteiger partial charge in [0.15, 0.2) is 0 Å². The Morgan fingerprint density at radius 3 is 2.17 bits per heavy atom. The Labute approximate surface area is 54.5 Å². The molecule has 0 aromatic heterocycles. The molecule has 6 heavy (non-hydrogen) atoms. The Balaban J connectivity index is 2.75. The minimum absolute atomic E-state index is 0.442. The first-order valence-corrected chi connectivity index (χ1v) is 3.75. The molecule has 3 heteroatoms. The Kier molecular flexibility index (Phi) is 4.72. The van der Waals surface area contributed by atoms with E-state index in [2.05, 4.69) is 31.9 Å². The molecule has 0 aliphatic heterocycles. The molecule has 0 aromatic rings. The molecular weight excluding hydrogens is 210 g/mol. The molecule has 0 heterocycles. The predicted octanol–water partition coefficient (Wildman–Crippen LogP) is 1.10. The number of rotatable bonds is 2. The molecule has 1 nitrogen and oxygen atoms in total. The van der Waals surface area contributed by atoms with Crippen LogP contribution in [-0.4, -0.2) is 16.7 Å². The van der Waals surface area contributed by atoms with E-state index in [0.29, 0.717) is 11.4 Å². The second-order valence-electron chi connectivity index (χ2n) is 0.987. The number of nitrogens with two attached hydrogens (primary N) is 1. The molecule has 0 saturated carbocycles. The molecular formula is C3H7Br2N. The van der Waals surface area contributed by atoms with E-state index in [1.807, 2.05) is 0 Å². The summed E-state index contributed by atoms with van der Waals surface area (Å²) in [6.45, 7) is 0.700. The molecule has 0 aliphatic carbocycles. The van der Waals surface area contributed by atoms with Gasteiger partial charge in [0, 0.05) is 16.7 Å². The van der Waals surface area contributed by atoms with Gasteiger partial charge >= 0.3 is 0 Å². The van der Waals surface area contributed by atoms with Gasteiger partial charge in [0.05, 0.1) is 0 Å². The van der Waals surface area contributed by atoms with Crippen LogP contribution in [0.25, 0.3) is 0 Å². The van der Waals surface area contributed by atoms with Gasteiger partial charge in [-0.2, -0.15) is 0 Å². The fraction of sp³-hybridized carbons (Fsp3) is 1.00. The summed E-state index contributed by atoms with van der Waals surface area (Å²) in [6.07, 6.45) is 0. The quantitative estimate of drug-likeness (QED) is 0.688. The van der Waals surface area contributed by atoms with Crippen molar-refractivity contribution >= 4 is 31.9 Å². The fourth-order valence-electron chi connectivity index (χ4n) is 0.0630. The van der Waals surface area contributed by atoms with Crippen LogP contribution in [0.3, 0.4) is 0 Å². The molecule has 0 bridgehead atoms. The van der Waals surface area contributed by atoms with Gasteiger partial charge in [-0.05, 0) is 0 Å². The van der Waals surface area contributed by atoms with Crippen molar-refractivity contribution in [2.45, 2.75) is 4.83 Å². The highest BCUT2D eigenvalue weighted by molar-refractivity contribution is 9.12. The van der Waals surface area contributed by atoms with Gasteiger partial charge in [0.2, 0.25) is 0 Å². The van der Waals surface area contributed by atoms with Crippen LogP contribution in [0, 0.1) is 0 Å². The molecule has 2 N–H and O–H groups in total. The van der Waals surface area contributed by atoms with E-state index < -0.39 is 0 Å². The van der Waals surface area contributed by atoms with Crippen LogP contribution in [0.15, 0.2) is 0 Å². The second kappa shape index (κ2) is 4.09. The molecule has 1 atom stereocenters. The molecule has 38 valence electrons. The average molecular weight is 217 g/mol. The molecule has 1 unspecified atom stereocenters. The lowest BCUT2D eigenvalue weighted by Gasteiger charge is -1.95. The van der Waals surface area contributed by atoms with Crippen molar-refractivity contribution in [3.8, 4) is 0 Å². The molecule has 0 saturated heterocycles. The zero-order valence-electron chi connectivity index (χ0n) is 3.32. The third-order valence-corrected chi connectivity index (χ3v) is 2.77. The van der Waals surface area contributed by atoms with Gasteiger partial charge in [-0.25, -0.2) is 0 Å². The average Bonchev–Trinajstić information content (AvgIpc) is 1.65. The van der Waals surface area contributed by atoms with Crippen LogP contribution in [0.1, 0.15) is 0 Å². The Morgan fingerprint density at radius 1 is 1.67 bits per heavy atom. The van der Waals surface area contributed by atoms with Crippen LogP contribution in [0.5, 0.6) is 0 Å². The van der Waals surface area contributed by atoms with Gasteiger partial charge < -0.3 is 5.73 Å². The van der Waals surface area contributed by atoms with E-state index in [-0.39, 0.29) is 0 Å². The van der Waals surface area contributed by atoms with Crippen molar-refractivity contribution in [2.75, 3.05) is 11.9 Å².